The Hall–Kier alpha value is -0.207. The number of rotatable bonds is 2. The van der Waals surface area contributed by atoms with Crippen LogP contribution in [0.3, 0.4) is 0 Å². The summed E-state index contributed by atoms with van der Waals surface area (Å²) in [6, 6.07) is 3.40. The van der Waals surface area contributed by atoms with Gasteiger partial charge < -0.3 is 4.74 Å². The van der Waals surface area contributed by atoms with Crippen molar-refractivity contribution in [3.63, 3.8) is 0 Å². The average Bonchev–Trinajstić information content (AvgIpc) is 2.38. The molecule has 0 saturated heterocycles. The minimum absolute atomic E-state index is 0. The molecule has 0 saturated carbocycles. The van der Waals surface area contributed by atoms with Crippen LogP contribution >= 0.6 is 11.3 Å². The molecule has 2 nitrogen and oxygen atoms in total. The number of thiophene rings is 1. The summed E-state index contributed by atoms with van der Waals surface area (Å²) in [4.78, 5) is 11.5. The van der Waals surface area contributed by atoms with Gasteiger partial charge in [0.15, 0.2) is 0 Å². The van der Waals surface area contributed by atoms with Crippen LogP contribution in [0.15, 0.2) is 12.1 Å². The Balaban J connectivity index is 0.000001000. The summed E-state index contributed by atoms with van der Waals surface area (Å²) in [6.45, 7) is 2.21. The number of esters is 1. The molecule has 1 heterocycles. The third-order valence-corrected chi connectivity index (χ3v) is 1.72. The molecule has 0 spiro atoms. The fourth-order valence-corrected chi connectivity index (χ4v) is 1.09. The van der Waals surface area contributed by atoms with Crippen LogP contribution in [-0.4, -0.2) is 12.6 Å². The van der Waals surface area contributed by atoms with Gasteiger partial charge in [-0.15, -0.1) is 11.3 Å². The largest absolute Gasteiger partial charge is 0.462 e. The van der Waals surface area contributed by atoms with Crippen molar-refractivity contribution in [1.82, 2.24) is 0 Å². The van der Waals surface area contributed by atoms with Crippen LogP contribution in [0.2, 0.25) is 0 Å². The predicted octanol–water partition coefficient (Wildman–Crippen LogP) is 1.72. The molecule has 0 aliphatic heterocycles. The molecule has 0 N–H and O–H groups in total. The fraction of sp³-hybridized carbons (Fsp3) is 0.286. The normalized spacial score (nSPS) is 8.45. The van der Waals surface area contributed by atoms with E-state index in [-0.39, 0.29) is 25.4 Å². The molecule has 1 rings (SSSR count). The van der Waals surface area contributed by atoms with Gasteiger partial charge in [-0.3, -0.25) is 0 Å². The minimum Gasteiger partial charge on any atom is -0.462 e. The molecule has 0 fully saturated rings. The first-order valence-electron chi connectivity index (χ1n) is 2.97. The summed E-state index contributed by atoms with van der Waals surface area (Å²) in [6.07, 6.45) is 0. The summed E-state index contributed by atoms with van der Waals surface area (Å²) in [5, 5.41) is 2.81. The number of carbonyl (C=O) groups excluding carboxylic acids is 1. The van der Waals surface area contributed by atoms with Gasteiger partial charge in [0.2, 0.25) is 0 Å². The van der Waals surface area contributed by atoms with Gasteiger partial charge in [-0.05, 0) is 19.1 Å². The van der Waals surface area contributed by atoms with Crippen LogP contribution in [0.25, 0.3) is 0 Å². The van der Waals surface area contributed by atoms with Crippen molar-refractivity contribution in [1.29, 1.82) is 0 Å². The molecule has 4 heteroatoms. The van der Waals surface area contributed by atoms with Crippen LogP contribution in [0, 0.1) is 5.38 Å². The Bertz CT molecular complexity index is 208. The molecule has 0 amide bonds. The molecule has 1 aromatic rings. The van der Waals surface area contributed by atoms with E-state index in [0.29, 0.717) is 11.5 Å². The van der Waals surface area contributed by atoms with Gasteiger partial charge in [0, 0.05) is 24.9 Å². The molecule has 0 atom stereocenters. The number of ether oxygens (including phenoxy) is 1. The second kappa shape index (κ2) is 5.44. The van der Waals surface area contributed by atoms with Crippen molar-refractivity contribution in [3.05, 3.63) is 22.4 Å². The Morgan fingerprint density at radius 2 is 2.55 bits per heavy atom. The topological polar surface area (TPSA) is 26.3 Å². The van der Waals surface area contributed by atoms with E-state index in [1.807, 2.05) is 0 Å². The van der Waals surface area contributed by atoms with E-state index < -0.39 is 0 Å². The Morgan fingerprint density at radius 1 is 1.82 bits per heavy atom. The molecular formula is C7H7O2SZn. The maximum Gasteiger partial charge on any atom is 0.348 e. The molecule has 1 aromatic heterocycles. The summed E-state index contributed by atoms with van der Waals surface area (Å²) >= 11 is 1.27. The summed E-state index contributed by atoms with van der Waals surface area (Å²) in [7, 11) is 0. The zero-order valence-corrected chi connectivity index (χ0v) is 10.1. The van der Waals surface area contributed by atoms with E-state index in [4.69, 9.17) is 4.74 Å². The van der Waals surface area contributed by atoms with Crippen LogP contribution in [0.1, 0.15) is 16.6 Å². The van der Waals surface area contributed by atoms with Crippen LogP contribution in [0.5, 0.6) is 0 Å². The molecule has 0 unspecified atom stereocenters. The monoisotopic (exact) mass is 219 g/mol. The third kappa shape index (κ3) is 3.13. The average molecular weight is 221 g/mol. The van der Waals surface area contributed by atoms with Crippen molar-refractivity contribution < 1.29 is 29.0 Å². The van der Waals surface area contributed by atoms with Gasteiger partial charge in [-0.1, -0.05) is 0 Å². The summed E-state index contributed by atoms with van der Waals surface area (Å²) < 4.78 is 4.74. The van der Waals surface area contributed by atoms with Gasteiger partial charge in [0.05, 0.1) is 6.61 Å². The molecule has 11 heavy (non-hydrogen) atoms. The second-order valence-corrected chi connectivity index (χ2v) is 2.52. The molecule has 1 radical (unpaired) electrons. The van der Waals surface area contributed by atoms with Crippen LogP contribution in [-0.2, 0) is 24.2 Å². The smallest absolute Gasteiger partial charge is 0.348 e. The van der Waals surface area contributed by atoms with E-state index in [9.17, 15) is 4.79 Å². The van der Waals surface area contributed by atoms with Crippen molar-refractivity contribution in [2.24, 2.45) is 0 Å². The Labute approximate surface area is 82.3 Å². The first-order valence-corrected chi connectivity index (χ1v) is 3.79. The van der Waals surface area contributed by atoms with Gasteiger partial charge in [-0.25, -0.2) is 4.79 Å². The summed E-state index contributed by atoms with van der Waals surface area (Å²) in [5.74, 6) is -0.256. The van der Waals surface area contributed by atoms with Crippen molar-refractivity contribution in [3.8, 4) is 0 Å². The zero-order valence-electron chi connectivity index (χ0n) is 6.29. The first kappa shape index (κ1) is 10.8. The zero-order chi connectivity index (χ0) is 7.40. The van der Waals surface area contributed by atoms with Crippen molar-refractivity contribution >= 4 is 17.3 Å². The maximum atomic E-state index is 10.9. The number of carbonyl (C=O) groups is 1. The van der Waals surface area contributed by atoms with Crippen molar-refractivity contribution in [2.45, 2.75) is 6.92 Å². The second-order valence-electron chi connectivity index (χ2n) is 1.64. The fourth-order valence-electron chi connectivity index (χ4n) is 0.553. The Kier molecular flexibility index (Phi) is 5.34. The van der Waals surface area contributed by atoms with E-state index in [1.165, 1.54) is 11.3 Å². The Morgan fingerprint density at radius 3 is 3.00 bits per heavy atom. The predicted molar refractivity (Wildman–Crippen MR) is 39.1 cm³/mol. The molecule has 55 valence electrons. The maximum absolute atomic E-state index is 10.9. The van der Waals surface area contributed by atoms with Gasteiger partial charge in [0.25, 0.3) is 0 Å². The third-order valence-electron chi connectivity index (χ3n) is 0.948. The van der Waals surface area contributed by atoms with E-state index in [2.05, 4.69) is 5.38 Å². The summed E-state index contributed by atoms with van der Waals surface area (Å²) in [5.41, 5.74) is 0. The van der Waals surface area contributed by atoms with E-state index in [0.717, 1.165) is 0 Å². The minimum atomic E-state index is -0.256. The number of hydrogen-bond acceptors (Lipinski definition) is 3. The standard InChI is InChI=1S/C7H7O2S.Zn/c1-2-9-7(8)6-4-3-5-10-6;/h3-4H,2H2,1H3;. The van der Waals surface area contributed by atoms with Gasteiger partial charge in [0.1, 0.15) is 4.88 Å². The number of hydrogen-bond donors (Lipinski definition) is 0. The van der Waals surface area contributed by atoms with Crippen molar-refractivity contribution in [2.75, 3.05) is 6.61 Å². The van der Waals surface area contributed by atoms with E-state index in [1.54, 1.807) is 19.1 Å². The molecule has 0 aliphatic rings. The first-order chi connectivity index (χ1) is 4.84. The molecule has 0 aromatic carbocycles. The van der Waals surface area contributed by atoms with Crippen LogP contribution < -0.4 is 0 Å². The van der Waals surface area contributed by atoms with Crippen LogP contribution in [0.4, 0.5) is 0 Å². The molecule has 0 aliphatic carbocycles. The SMILES string of the molecule is CCOC(=O)c1cc[c]s1.[Zn]. The molecule has 0 bridgehead atoms. The molecular weight excluding hydrogens is 214 g/mol. The quantitative estimate of drug-likeness (QED) is 0.560. The van der Waals surface area contributed by atoms with Gasteiger partial charge >= 0.3 is 5.97 Å². The van der Waals surface area contributed by atoms with E-state index >= 15 is 0 Å². The van der Waals surface area contributed by atoms with Gasteiger partial charge in [-0.2, -0.15) is 0 Å².